The zero-order valence-electron chi connectivity index (χ0n) is 14.9. The van der Waals surface area contributed by atoms with Crippen molar-refractivity contribution in [2.45, 2.75) is 61.9 Å². The fraction of sp³-hybridized carbons (Fsp3) is 0.474. The van der Waals surface area contributed by atoms with E-state index in [1.165, 1.54) is 31.5 Å². The zero-order chi connectivity index (χ0) is 18.3. The molecule has 1 atom stereocenters. The van der Waals surface area contributed by atoms with Gasteiger partial charge in [0.2, 0.25) is 5.91 Å². The number of thioether (sulfide) groups is 1. The molecule has 0 unspecified atom stereocenters. The lowest BCUT2D eigenvalue weighted by atomic mass is 10.1. The number of amides is 1. The maximum atomic E-state index is 12.6. The number of nitrogens with one attached hydrogen (secondary N) is 1. The van der Waals surface area contributed by atoms with Gasteiger partial charge in [0.25, 0.3) is 0 Å². The lowest BCUT2D eigenvalue weighted by Crippen LogP contribution is -2.24. The van der Waals surface area contributed by atoms with E-state index in [4.69, 9.17) is 0 Å². The second kappa shape index (κ2) is 6.87. The Morgan fingerprint density at radius 2 is 1.92 bits per heavy atom. The van der Waals surface area contributed by atoms with Crippen molar-refractivity contribution in [3.63, 3.8) is 0 Å². The lowest BCUT2D eigenvalue weighted by Gasteiger charge is -2.14. The van der Waals surface area contributed by atoms with Crippen LogP contribution in [-0.2, 0) is 4.79 Å². The molecule has 136 valence electrons. The van der Waals surface area contributed by atoms with E-state index < -0.39 is 0 Å². The van der Waals surface area contributed by atoms with Crippen LogP contribution in [0.5, 0.6) is 0 Å². The van der Waals surface area contributed by atoms with Crippen molar-refractivity contribution in [1.29, 1.82) is 0 Å². The van der Waals surface area contributed by atoms with Gasteiger partial charge in [0.05, 0.1) is 10.9 Å². The minimum absolute atomic E-state index is 0.0660. The van der Waals surface area contributed by atoms with Crippen molar-refractivity contribution in [2.75, 3.05) is 5.32 Å². The summed E-state index contributed by atoms with van der Waals surface area (Å²) in [6.07, 6.45) is 4.70. The first-order chi connectivity index (χ1) is 12.5. The molecule has 2 fully saturated rings. The van der Waals surface area contributed by atoms with Crippen LogP contribution in [0.3, 0.4) is 0 Å². The highest BCUT2D eigenvalue weighted by Crippen LogP contribution is 2.46. The van der Waals surface area contributed by atoms with Crippen LogP contribution >= 0.6 is 11.8 Å². The normalized spacial score (nSPS) is 17.8. The Morgan fingerprint density at radius 3 is 2.58 bits per heavy atom. The number of para-hydroxylation sites is 1. The van der Waals surface area contributed by atoms with Gasteiger partial charge in [0.15, 0.2) is 10.9 Å². The fourth-order valence-corrected chi connectivity index (χ4v) is 3.94. The molecule has 2 aliphatic rings. The number of hydrogen-bond acceptors (Lipinski definition) is 5. The molecule has 6 nitrogen and oxygen atoms in total. The zero-order valence-corrected chi connectivity index (χ0v) is 15.8. The number of aromatic nitrogens is 3. The van der Waals surface area contributed by atoms with Crippen molar-refractivity contribution < 1.29 is 9.59 Å². The van der Waals surface area contributed by atoms with E-state index in [1.54, 1.807) is 18.2 Å². The maximum Gasteiger partial charge on any atom is 0.237 e. The van der Waals surface area contributed by atoms with Gasteiger partial charge in [0, 0.05) is 17.5 Å². The summed E-state index contributed by atoms with van der Waals surface area (Å²) < 4.78 is 2.25. The van der Waals surface area contributed by atoms with Crippen LogP contribution in [0.1, 0.15) is 67.7 Å². The van der Waals surface area contributed by atoms with E-state index in [1.807, 2.05) is 13.0 Å². The van der Waals surface area contributed by atoms with Crippen LogP contribution in [0, 0.1) is 0 Å². The SMILES string of the molecule is CC(=O)c1ccccc1NC(=O)[C@H](C)Sc1nnc(C2CC2)n1C1CC1. The number of ketones is 1. The van der Waals surface area contributed by atoms with Gasteiger partial charge < -0.3 is 9.88 Å². The molecule has 1 heterocycles. The van der Waals surface area contributed by atoms with Gasteiger partial charge in [-0.15, -0.1) is 10.2 Å². The summed E-state index contributed by atoms with van der Waals surface area (Å²) in [5.41, 5.74) is 1.08. The molecule has 7 heteroatoms. The topological polar surface area (TPSA) is 76.9 Å². The highest BCUT2D eigenvalue weighted by molar-refractivity contribution is 8.00. The number of carbonyl (C=O) groups excluding carboxylic acids is 2. The van der Waals surface area contributed by atoms with Crippen LogP contribution in [-0.4, -0.2) is 31.7 Å². The highest BCUT2D eigenvalue weighted by Gasteiger charge is 2.37. The van der Waals surface area contributed by atoms with Crippen LogP contribution in [0.25, 0.3) is 0 Å². The van der Waals surface area contributed by atoms with Crippen LogP contribution in [0.4, 0.5) is 5.69 Å². The third kappa shape index (κ3) is 3.53. The molecule has 0 spiro atoms. The second-order valence-corrected chi connectivity index (χ2v) is 8.38. The summed E-state index contributed by atoms with van der Waals surface area (Å²) in [7, 11) is 0. The van der Waals surface area contributed by atoms with E-state index in [0.717, 1.165) is 23.8 Å². The van der Waals surface area contributed by atoms with Gasteiger partial charge in [-0.1, -0.05) is 23.9 Å². The van der Waals surface area contributed by atoms with Gasteiger partial charge in [-0.3, -0.25) is 9.59 Å². The van der Waals surface area contributed by atoms with E-state index in [-0.39, 0.29) is 16.9 Å². The van der Waals surface area contributed by atoms with Crippen molar-refractivity contribution in [1.82, 2.24) is 14.8 Å². The maximum absolute atomic E-state index is 12.6. The molecule has 0 bridgehead atoms. The Kier molecular flexibility index (Phi) is 4.56. The van der Waals surface area contributed by atoms with E-state index in [9.17, 15) is 9.59 Å². The molecule has 2 saturated carbocycles. The lowest BCUT2D eigenvalue weighted by molar-refractivity contribution is -0.115. The molecular formula is C19H22N4O2S. The Labute approximate surface area is 156 Å². The number of anilines is 1. The van der Waals surface area contributed by atoms with Crippen molar-refractivity contribution in [3.8, 4) is 0 Å². The van der Waals surface area contributed by atoms with Gasteiger partial charge in [-0.25, -0.2) is 0 Å². The van der Waals surface area contributed by atoms with Gasteiger partial charge in [-0.2, -0.15) is 0 Å². The molecule has 1 amide bonds. The minimum atomic E-state index is -0.330. The summed E-state index contributed by atoms with van der Waals surface area (Å²) in [5.74, 6) is 1.43. The molecule has 2 aliphatic carbocycles. The first kappa shape index (κ1) is 17.3. The number of rotatable bonds is 7. The summed E-state index contributed by atoms with van der Waals surface area (Å²) >= 11 is 1.44. The Bertz CT molecular complexity index is 855. The quantitative estimate of drug-likeness (QED) is 0.592. The molecule has 1 aromatic heterocycles. The first-order valence-corrected chi connectivity index (χ1v) is 9.95. The van der Waals surface area contributed by atoms with Crippen molar-refractivity contribution in [2.24, 2.45) is 0 Å². The summed E-state index contributed by atoms with van der Waals surface area (Å²) in [6, 6.07) is 7.58. The van der Waals surface area contributed by atoms with E-state index in [2.05, 4.69) is 20.1 Å². The largest absolute Gasteiger partial charge is 0.324 e. The molecule has 2 aromatic rings. The number of carbonyl (C=O) groups is 2. The molecule has 0 saturated heterocycles. The summed E-state index contributed by atoms with van der Waals surface area (Å²) in [5, 5.41) is 12.1. The van der Waals surface area contributed by atoms with Crippen LogP contribution < -0.4 is 5.32 Å². The first-order valence-electron chi connectivity index (χ1n) is 9.07. The molecule has 4 rings (SSSR count). The van der Waals surface area contributed by atoms with Gasteiger partial charge >= 0.3 is 0 Å². The second-order valence-electron chi connectivity index (χ2n) is 7.07. The number of benzene rings is 1. The average molecular weight is 370 g/mol. The standard InChI is InChI=1S/C19H22N4O2S/c1-11(24)15-5-3-4-6-16(15)20-18(25)12(2)26-19-22-21-17(13-7-8-13)23(19)14-9-10-14/h3-6,12-14H,7-10H2,1-2H3,(H,20,25)/t12-/m0/s1. The summed E-state index contributed by atoms with van der Waals surface area (Å²) in [6.45, 7) is 3.36. The molecular weight excluding hydrogens is 348 g/mol. The number of hydrogen-bond donors (Lipinski definition) is 1. The summed E-state index contributed by atoms with van der Waals surface area (Å²) in [4.78, 5) is 24.4. The average Bonchev–Trinajstić information content (AvgIpc) is 3.54. The van der Waals surface area contributed by atoms with Crippen molar-refractivity contribution in [3.05, 3.63) is 35.7 Å². The van der Waals surface area contributed by atoms with Crippen LogP contribution in [0.2, 0.25) is 0 Å². The Balaban J connectivity index is 1.48. The fourth-order valence-electron chi connectivity index (χ4n) is 3.01. The third-order valence-electron chi connectivity index (χ3n) is 4.76. The monoisotopic (exact) mass is 370 g/mol. The Hall–Kier alpha value is -2.15. The van der Waals surface area contributed by atoms with Gasteiger partial charge in [0.1, 0.15) is 5.82 Å². The van der Waals surface area contributed by atoms with Crippen LogP contribution in [0.15, 0.2) is 29.4 Å². The minimum Gasteiger partial charge on any atom is -0.324 e. The molecule has 26 heavy (non-hydrogen) atoms. The Morgan fingerprint density at radius 1 is 1.19 bits per heavy atom. The highest BCUT2D eigenvalue weighted by atomic mass is 32.2. The van der Waals surface area contributed by atoms with E-state index >= 15 is 0 Å². The number of Topliss-reactive ketones (excluding diaryl/α,β-unsaturated/α-hetero) is 1. The number of nitrogens with zero attached hydrogens (tertiary/aromatic N) is 3. The predicted molar refractivity (Wildman–Crippen MR) is 101 cm³/mol. The smallest absolute Gasteiger partial charge is 0.237 e. The predicted octanol–water partition coefficient (Wildman–Crippen LogP) is 3.81. The molecule has 1 aromatic carbocycles. The molecule has 1 N–H and O–H groups in total. The van der Waals surface area contributed by atoms with Crippen molar-refractivity contribution >= 4 is 29.1 Å². The molecule has 0 aliphatic heterocycles. The van der Waals surface area contributed by atoms with Gasteiger partial charge in [-0.05, 0) is 51.7 Å². The van der Waals surface area contributed by atoms with E-state index in [0.29, 0.717) is 23.2 Å². The molecule has 0 radical (unpaired) electrons. The third-order valence-corrected chi connectivity index (χ3v) is 5.82.